The van der Waals surface area contributed by atoms with Crippen LogP contribution in [-0.4, -0.2) is 48.1 Å². The zero-order valence-electron chi connectivity index (χ0n) is 11.8. The highest BCUT2D eigenvalue weighted by Gasteiger charge is 2.69. The minimum absolute atomic E-state index is 0.0244. The molecular weight excluding hydrogens is 276 g/mol. The molecule has 0 aromatic heterocycles. The Morgan fingerprint density at radius 2 is 2.10 bits per heavy atom. The largest absolute Gasteiger partial charge is 0.462 e. The summed E-state index contributed by atoms with van der Waals surface area (Å²) in [5, 5.41) is 0. The average molecular weight is 292 g/mol. The molecule has 5 unspecified atom stereocenters. The molecule has 5 aliphatic rings. The fourth-order valence-electron chi connectivity index (χ4n) is 4.20. The topological polar surface area (TPSA) is 77.7 Å². The maximum Gasteiger partial charge on any atom is 0.337 e. The van der Waals surface area contributed by atoms with Crippen LogP contribution in [0, 0.1) is 11.8 Å². The summed E-state index contributed by atoms with van der Waals surface area (Å²) in [6.07, 6.45) is 1.48. The van der Waals surface area contributed by atoms with E-state index in [4.69, 9.17) is 18.9 Å². The molecular formula is C15H16O6. The maximum atomic E-state index is 12.1. The fourth-order valence-corrected chi connectivity index (χ4v) is 4.20. The normalized spacial score (nSPS) is 56.5. The SMILES string of the molecule is CC1C(=O)O[C@H]2C[C@]3(C)OC3C3OC3C3=CC(OC3=O)[C@H]12. The molecule has 0 N–H and O–H groups in total. The summed E-state index contributed by atoms with van der Waals surface area (Å²) >= 11 is 0. The highest BCUT2D eigenvalue weighted by atomic mass is 16.7. The molecule has 0 radical (unpaired) electrons. The zero-order valence-corrected chi connectivity index (χ0v) is 11.8. The van der Waals surface area contributed by atoms with Gasteiger partial charge in [-0.1, -0.05) is 6.92 Å². The molecule has 112 valence electrons. The molecule has 2 bridgehead atoms. The lowest BCUT2D eigenvalue weighted by Crippen LogP contribution is -2.35. The molecule has 3 saturated heterocycles. The van der Waals surface area contributed by atoms with Gasteiger partial charge in [0, 0.05) is 12.3 Å². The molecule has 0 amide bonds. The molecule has 21 heavy (non-hydrogen) atoms. The van der Waals surface area contributed by atoms with Crippen molar-refractivity contribution >= 4 is 11.9 Å². The second-order valence-corrected chi connectivity index (χ2v) is 6.91. The van der Waals surface area contributed by atoms with Crippen molar-refractivity contribution in [2.75, 3.05) is 0 Å². The number of epoxide rings is 2. The van der Waals surface area contributed by atoms with Crippen LogP contribution in [0.2, 0.25) is 0 Å². The predicted octanol–water partition coefficient (Wildman–Crippen LogP) is 0.344. The van der Waals surface area contributed by atoms with E-state index in [1.807, 2.05) is 19.9 Å². The van der Waals surface area contributed by atoms with E-state index in [-0.39, 0.29) is 53.8 Å². The Balaban J connectivity index is 1.57. The van der Waals surface area contributed by atoms with Gasteiger partial charge in [-0.2, -0.15) is 0 Å². The number of carbonyl (C=O) groups is 2. The number of fused-ring (bicyclic) bond motifs is 7. The lowest BCUT2D eigenvalue weighted by Gasteiger charge is -2.24. The van der Waals surface area contributed by atoms with E-state index in [2.05, 4.69) is 0 Å². The molecule has 8 atom stereocenters. The number of hydrogen-bond acceptors (Lipinski definition) is 6. The summed E-state index contributed by atoms with van der Waals surface area (Å²) in [4.78, 5) is 24.0. The molecule has 5 rings (SSSR count). The van der Waals surface area contributed by atoms with E-state index in [1.165, 1.54) is 0 Å². The highest BCUT2D eigenvalue weighted by Crippen LogP contribution is 2.54. The second kappa shape index (κ2) is 3.50. The smallest absolute Gasteiger partial charge is 0.337 e. The van der Waals surface area contributed by atoms with Gasteiger partial charge < -0.3 is 18.9 Å². The summed E-state index contributed by atoms with van der Waals surface area (Å²) in [5.74, 6) is -0.970. The van der Waals surface area contributed by atoms with Crippen LogP contribution in [0.3, 0.4) is 0 Å². The zero-order chi connectivity index (χ0) is 14.5. The third-order valence-electron chi connectivity index (χ3n) is 5.53. The van der Waals surface area contributed by atoms with Gasteiger partial charge in [-0.25, -0.2) is 4.79 Å². The Kier molecular flexibility index (Phi) is 2.03. The molecule has 0 spiro atoms. The Labute approximate surface area is 121 Å². The van der Waals surface area contributed by atoms with Crippen LogP contribution in [0.25, 0.3) is 0 Å². The minimum atomic E-state index is -0.400. The van der Waals surface area contributed by atoms with Crippen LogP contribution in [0.1, 0.15) is 20.3 Å². The lowest BCUT2D eigenvalue weighted by atomic mass is 9.81. The second-order valence-electron chi connectivity index (χ2n) is 6.91. The van der Waals surface area contributed by atoms with Crippen LogP contribution >= 0.6 is 0 Å². The fraction of sp³-hybridized carbons (Fsp3) is 0.733. The number of hydrogen-bond donors (Lipinski definition) is 0. The van der Waals surface area contributed by atoms with Crippen LogP contribution in [0.4, 0.5) is 0 Å². The first-order valence-corrected chi connectivity index (χ1v) is 7.44. The summed E-state index contributed by atoms with van der Waals surface area (Å²) in [5.41, 5.74) is 0.252. The van der Waals surface area contributed by atoms with Gasteiger partial charge in [0.1, 0.15) is 30.5 Å². The Hall–Kier alpha value is -1.40. The van der Waals surface area contributed by atoms with Gasteiger partial charge >= 0.3 is 11.9 Å². The number of rotatable bonds is 0. The van der Waals surface area contributed by atoms with E-state index in [1.54, 1.807) is 0 Å². The van der Waals surface area contributed by atoms with Crippen LogP contribution in [0.15, 0.2) is 11.6 Å². The summed E-state index contributed by atoms with van der Waals surface area (Å²) in [6, 6.07) is 0. The van der Waals surface area contributed by atoms with Gasteiger partial charge in [-0.15, -0.1) is 0 Å². The van der Waals surface area contributed by atoms with E-state index in [9.17, 15) is 9.59 Å². The first kappa shape index (κ1) is 12.2. The molecule has 0 saturated carbocycles. The van der Waals surface area contributed by atoms with E-state index in [0.29, 0.717) is 12.0 Å². The van der Waals surface area contributed by atoms with Crippen LogP contribution in [-0.2, 0) is 28.5 Å². The van der Waals surface area contributed by atoms with Gasteiger partial charge in [-0.05, 0) is 13.0 Å². The van der Waals surface area contributed by atoms with Crippen molar-refractivity contribution in [1.29, 1.82) is 0 Å². The van der Waals surface area contributed by atoms with Gasteiger partial charge in [0.05, 0.1) is 17.1 Å². The first-order valence-electron chi connectivity index (χ1n) is 7.44. The molecule has 3 fully saturated rings. The number of ether oxygens (including phenoxy) is 4. The van der Waals surface area contributed by atoms with Crippen LogP contribution in [0.5, 0.6) is 0 Å². The predicted molar refractivity (Wildman–Crippen MR) is 67.1 cm³/mol. The molecule has 0 aromatic carbocycles. The molecule has 0 aromatic rings. The van der Waals surface area contributed by atoms with E-state index < -0.39 is 6.10 Å². The van der Waals surface area contributed by atoms with Crippen molar-refractivity contribution in [3.05, 3.63) is 11.6 Å². The van der Waals surface area contributed by atoms with Crippen LogP contribution < -0.4 is 0 Å². The Morgan fingerprint density at radius 3 is 2.90 bits per heavy atom. The van der Waals surface area contributed by atoms with Gasteiger partial charge in [-0.3, -0.25) is 4.79 Å². The highest BCUT2D eigenvalue weighted by molar-refractivity contribution is 5.93. The maximum absolute atomic E-state index is 12.1. The standard InChI is InChI=1S/C15H16O6/c1-5-9-7-3-6(14(17)18-7)10-11(20-10)12-15(2,21-12)4-8(9)19-13(5)16/h3,5,7-12H,4H2,1-2H3/t5?,7?,8-,9-,10?,11?,12?,15-/m0/s1. The third kappa shape index (κ3) is 1.49. The summed E-state index contributed by atoms with van der Waals surface area (Å²) < 4.78 is 22.5. The monoisotopic (exact) mass is 292 g/mol. The molecule has 6 nitrogen and oxygen atoms in total. The summed E-state index contributed by atoms with van der Waals surface area (Å²) in [7, 11) is 0. The Morgan fingerprint density at radius 1 is 1.29 bits per heavy atom. The molecule has 4 heterocycles. The average Bonchev–Trinajstić information content (AvgIpc) is 3.25. The minimum Gasteiger partial charge on any atom is -0.462 e. The first-order chi connectivity index (χ1) is 9.98. The van der Waals surface area contributed by atoms with Crippen molar-refractivity contribution in [2.45, 2.75) is 56.4 Å². The number of esters is 2. The van der Waals surface area contributed by atoms with Gasteiger partial charge in [0.2, 0.25) is 0 Å². The van der Waals surface area contributed by atoms with Crippen molar-refractivity contribution in [3.8, 4) is 0 Å². The molecule has 4 aliphatic heterocycles. The third-order valence-corrected chi connectivity index (χ3v) is 5.53. The molecule has 1 aliphatic carbocycles. The van der Waals surface area contributed by atoms with Crippen molar-refractivity contribution in [2.24, 2.45) is 11.8 Å². The molecule has 6 heteroatoms. The summed E-state index contributed by atoms with van der Waals surface area (Å²) in [6.45, 7) is 3.85. The van der Waals surface area contributed by atoms with E-state index in [0.717, 1.165) is 0 Å². The van der Waals surface area contributed by atoms with Crippen molar-refractivity contribution < 1.29 is 28.5 Å². The van der Waals surface area contributed by atoms with Crippen molar-refractivity contribution in [3.63, 3.8) is 0 Å². The quantitative estimate of drug-likeness (QED) is 0.473. The van der Waals surface area contributed by atoms with E-state index >= 15 is 0 Å². The Bertz CT molecular complexity index is 597. The van der Waals surface area contributed by atoms with Gasteiger partial charge in [0.15, 0.2) is 0 Å². The van der Waals surface area contributed by atoms with Crippen molar-refractivity contribution in [1.82, 2.24) is 0 Å². The van der Waals surface area contributed by atoms with Gasteiger partial charge in [0.25, 0.3) is 0 Å². The lowest BCUT2D eigenvalue weighted by molar-refractivity contribution is -0.144. The number of carbonyl (C=O) groups excluding carboxylic acids is 2.